The van der Waals surface area contributed by atoms with Gasteiger partial charge in [-0.2, -0.15) is 0 Å². The number of aromatic nitrogens is 2. The van der Waals surface area contributed by atoms with Crippen molar-refractivity contribution in [1.29, 1.82) is 0 Å². The monoisotopic (exact) mass is 319 g/mol. The SMILES string of the molecule is Nc1ccc2ncn(Cc3cccc(Cl)c3Cl)c(=O)c2c1. The molecule has 0 atom stereocenters. The summed E-state index contributed by atoms with van der Waals surface area (Å²) in [6, 6.07) is 10.4. The van der Waals surface area contributed by atoms with Crippen LogP contribution in [0.5, 0.6) is 0 Å². The van der Waals surface area contributed by atoms with Crippen LogP contribution in [0.1, 0.15) is 5.56 Å². The molecule has 4 nitrogen and oxygen atoms in total. The van der Waals surface area contributed by atoms with Crippen molar-refractivity contribution in [2.45, 2.75) is 6.54 Å². The summed E-state index contributed by atoms with van der Waals surface area (Å²) in [5.41, 5.74) is 7.46. The maximum atomic E-state index is 12.5. The van der Waals surface area contributed by atoms with Crippen LogP contribution in [0.15, 0.2) is 47.5 Å². The quantitative estimate of drug-likeness (QED) is 0.737. The van der Waals surface area contributed by atoms with Gasteiger partial charge in [-0.15, -0.1) is 0 Å². The van der Waals surface area contributed by atoms with Crippen LogP contribution in [0.2, 0.25) is 10.0 Å². The number of anilines is 1. The van der Waals surface area contributed by atoms with Crippen LogP contribution in [0.25, 0.3) is 10.9 Å². The lowest BCUT2D eigenvalue weighted by molar-refractivity contribution is 0.748. The van der Waals surface area contributed by atoms with Gasteiger partial charge >= 0.3 is 0 Å². The fourth-order valence-corrected chi connectivity index (χ4v) is 2.52. The summed E-state index contributed by atoms with van der Waals surface area (Å²) in [5.74, 6) is 0. The van der Waals surface area contributed by atoms with E-state index in [1.54, 1.807) is 30.3 Å². The first-order valence-corrected chi connectivity index (χ1v) is 6.99. The molecule has 0 saturated carbocycles. The molecule has 0 aliphatic rings. The third-order valence-electron chi connectivity index (χ3n) is 3.22. The van der Waals surface area contributed by atoms with Gasteiger partial charge in [-0.3, -0.25) is 9.36 Å². The van der Waals surface area contributed by atoms with Gasteiger partial charge in [0.25, 0.3) is 5.56 Å². The molecule has 3 rings (SSSR count). The highest BCUT2D eigenvalue weighted by Gasteiger charge is 2.08. The van der Waals surface area contributed by atoms with Gasteiger partial charge in [0, 0.05) is 5.69 Å². The van der Waals surface area contributed by atoms with Crippen molar-refractivity contribution >= 4 is 39.8 Å². The van der Waals surface area contributed by atoms with Crippen molar-refractivity contribution in [3.63, 3.8) is 0 Å². The Morgan fingerprint density at radius 3 is 2.81 bits per heavy atom. The zero-order valence-corrected chi connectivity index (χ0v) is 12.4. The van der Waals surface area contributed by atoms with Crippen LogP contribution < -0.4 is 11.3 Å². The van der Waals surface area contributed by atoms with Gasteiger partial charge in [0.05, 0.1) is 33.8 Å². The number of halogens is 2. The van der Waals surface area contributed by atoms with E-state index in [4.69, 9.17) is 28.9 Å². The number of fused-ring (bicyclic) bond motifs is 1. The van der Waals surface area contributed by atoms with E-state index in [0.29, 0.717) is 33.2 Å². The summed E-state index contributed by atoms with van der Waals surface area (Å²) < 4.78 is 1.49. The maximum Gasteiger partial charge on any atom is 0.261 e. The van der Waals surface area contributed by atoms with Crippen molar-refractivity contribution in [3.8, 4) is 0 Å². The van der Waals surface area contributed by atoms with Crippen LogP contribution in [-0.4, -0.2) is 9.55 Å². The molecular weight excluding hydrogens is 309 g/mol. The standard InChI is InChI=1S/C15H11Cl2N3O/c16-12-3-1-2-9(14(12)17)7-20-8-19-13-5-4-10(18)6-11(13)15(20)21/h1-6,8H,7,18H2. The topological polar surface area (TPSA) is 60.9 Å². The van der Waals surface area contributed by atoms with Gasteiger partial charge in [0.15, 0.2) is 0 Å². The smallest absolute Gasteiger partial charge is 0.261 e. The highest BCUT2D eigenvalue weighted by Crippen LogP contribution is 2.25. The zero-order valence-electron chi connectivity index (χ0n) is 10.9. The van der Waals surface area contributed by atoms with Crippen molar-refractivity contribution in [3.05, 3.63) is 68.7 Å². The van der Waals surface area contributed by atoms with Crippen molar-refractivity contribution < 1.29 is 0 Å². The Labute approximate surface area is 130 Å². The molecule has 3 aromatic rings. The highest BCUT2D eigenvalue weighted by molar-refractivity contribution is 6.42. The molecule has 2 N–H and O–H groups in total. The van der Waals surface area contributed by atoms with E-state index in [1.807, 2.05) is 6.07 Å². The van der Waals surface area contributed by atoms with Gasteiger partial charge < -0.3 is 5.73 Å². The molecule has 0 bridgehead atoms. The second-order valence-electron chi connectivity index (χ2n) is 4.67. The van der Waals surface area contributed by atoms with Crippen LogP contribution >= 0.6 is 23.2 Å². The second-order valence-corrected chi connectivity index (χ2v) is 5.45. The van der Waals surface area contributed by atoms with Crippen molar-refractivity contribution in [2.24, 2.45) is 0 Å². The third kappa shape index (κ3) is 2.60. The van der Waals surface area contributed by atoms with Gasteiger partial charge in [-0.25, -0.2) is 4.98 Å². The molecule has 1 aromatic heterocycles. The van der Waals surface area contributed by atoms with E-state index in [-0.39, 0.29) is 5.56 Å². The van der Waals surface area contributed by atoms with Crippen LogP contribution in [0.4, 0.5) is 5.69 Å². The van der Waals surface area contributed by atoms with Crippen LogP contribution in [0.3, 0.4) is 0 Å². The molecule has 21 heavy (non-hydrogen) atoms. The molecule has 106 valence electrons. The fraction of sp³-hybridized carbons (Fsp3) is 0.0667. The average molecular weight is 320 g/mol. The molecule has 0 saturated heterocycles. The second kappa shape index (κ2) is 5.39. The summed E-state index contributed by atoms with van der Waals surface area (Å²) in [6.07, 6.45) is 1.50. The number of hydrogen-bond donors (Lipinski definition) is 1. The summed E-state index contributed by atoms with van der Waals surface area (Å²) in [7, 11) is 0. The van der Waals surface area contributed by atoms with E-state index in [2.05, 4.69) is 4.98 Å². The fourth-order valence-electron chi connectivity index (χ4n) is 2.14. The number of nitrogen functional groups attached to an aromatic ring is 1. The molecule has 0 aliphatic carbocycles. The Hall–Kier alpha value is -2.04. The first kappa shape index (κ1) is 13.9. The lowest BCUT2D eigenvalue weighted by Gasteiger charge is -2.09. The predicted molar refractivity (Wildman–Crippen MR) is 86.0 cm³/mol. The number of benzene rings is 2. The molecule has 0 amide bonds. The van der Waals surface area contributed by atoms with Crippen LogP contribution in [-0.2, 0) is 6.54 Å². The van der Waals surface area contributed by atoms with Crippen molar-refractivity contribution in [1.82, 2.24) is 9.55 Å². The molecule has 2 aromatic carbocycles. The van der Waals surface area contributed by atoms with Gasteiger partial charge in [0.2, 0.25) is 0 Å². The Bertz CT molecular complexity index is 890. The minimum atomic E-state index is -0.164. The minimum absolute atomic E-state index is 0.164. The van der Waals surface area contributed by atoms with Crippen molar-refractivity contribution in [2.75, 3.05) is 5.73 Å². The highest BCUT2D eigenvalue weighted by atomic mass is 35.5. The molecule has 0 aliphatic heterocycles. The number of hydrogen-bond acceptors (Lipinski definition) is 3. The Balaban J connectivity index is 2.11. The normalized spacial score (nSPS) is 11.0. The predicted octanol–water partition coefficient (Wildman–Crippen LogP) is 3.33. The van der Waals surface area contributed by atoms with Crippen LogP contribution in [0, 0.1) is 0 Å². The van der Waals surface area contributed by atoms with Gasteiger partial charge in [-0.1, -0.05) is 35.3 Å². The number of rotatable bonds is 2. The Kier molecular flexibility index (Phi) is 3.57. The average Bonchev–Trinajstić information content (AvgIpc) is 2.47. The summed E-state index contributed by atoms with van der Waals surface area (Å²) in [5, 5.41) is 1.38. The van der Waals surface area contributed by atoms with E-state index in [9.17, 15) is 4.79 Å². The summed E-state index contributed by atoms with van der Waals surface area (Å²) in [6.45, 7) is 0.302. The molecule has 0 radical (unpaired) electrons. The molecule has 0 unspecified atom stereocenters. The van der Waals surface area contributed by atoms with Gasteiger partial charge in [-0.05, 0) is 29.8 Å². The lowest BCUT2D eigenvalue weighted by Crippen LogP contribution is -2.21. The zero-order chi connectivity index (χ0) is 15.0. The van der Waals surface area contributed by atoms with Gasteiger partial charge in [0.1, 0.15) is 0 Å². The maximum absolute atomic E-state index is 12.5. The molecular formula is C15H11Cl2N3O. The number of nitrogens with zero attached hydrogens (tertiary/aromatic N) is 2. The molecule has 0 fully saturated rings. The minimum Gasteiger partial charge on any atom is -0.399 e. The number of nitrogens with two attached hydrogens (primary N) is 1. The van der Waals surface area contributed by atoms with E-state index in [0.717, 1.165) is 5.56 Å². The lowest BCUT2D eigenvalue weighted by atomic mass is 10.2. The Morgan fingerprint density at radius 2 is 2.00 bits per heavy atom. The summed E-state index contributed by atoms with van der Waals surface area (Å²) in [4.78, 5) is 16.7. The molecule has 1 heterocycles. The Morgan fingerprint density at radius 1 is 1.19 bits per heavy atom. The molecule has 0 spiro atoms. The first-order valence-electron chi connectivity index (χ1n) is 6.24. The largest absolute Gasteiger partial charge is 0.399 e. The van der Waals surface area contributed by atoms with E-state index in [1.165, 1.54) is 10.9 Å². The first-order chi connectivity index (χ1) is 10.1. The third-order valence-corrected chi connectivity index (χ3v) is 4.08. The summed E-state index contributed by atoms with van der Waals surface area (Å²) >= 11 is 12.1. The molecule has 6 heteroatoms. The van der Waals surface area contributed by atoms with E-state index < -0.39 is 0 Å². The van der Waals surface area contributed by atoms with E-state index >= 15 is 0 Å².